The van der Waals surface area contributed by atoms with Crippen LogP contribution in [-0.2, 0) is 9.59 Å². The van der Waals surface area contributed by atoms with E-state index in [0.29, 0.717) is 11.4 Å². The van der Waals surface area contributed by atoms with Gasteiger partial charge in [0.1, 0.15) is 11.2 Å². The van der Waals surface area contributed by atoms with Crippen LogP contribution in [0, 0.1) is 33.1 Å². The molecule has 0 saturated heterocycles. The Morgan fingerprint density at radius 1 is 0.852 bits per heavy atom. The molecule has 0 fully saturated rings. The highest BCUT2D eigenvalue weighted by molar-refractivity contribution is 6.14. The summed E-state index contributed by atoms with van der Waals surface area (Å²) < 4.78 is 5.30. The number of carbonyl (C=O) groups is 2. The second-order valence-electron chi connectivity index (χ2n) is 7.51. The molecule has 2 amide bonds. The predicted octanol–water partition coefficient (Wildman–Crippen LogP) is 4.53. The molecule has 0 aliphatic carbocycles. The van der Waals surface area contributed by atoms with Crippen molar-refractivity contribution in [1.82, 2.24) is 0 Å². The molecular formula is C22H28N2O3. The first-order chi connectivity index (χ1) is 12.6. The number of nitrogens with one attached hydrogen (secondary N) is 2. The van der Waals surface area contributed by atoms with Gasteiger partial charge in [0, 0.05) is 5.69 Å². The maximum absolute atomic E-state index is 12.9. The maximum atomic E-state index is 12.9. The molecule has 0 aliphatic rings. The first-order valence-corrected chi connectivity index (χ1v) is 8.91. The zero-order valence-corrected chi connectivity index (χ0v) is 17.1. The van der Waals surface area contributed by atoms with Crippen molar-refractivity contribution in [3.8, 4) is 5.75 Å². The Kier molecular flexibility index (Phi) is 5.94. The van der Waals surface area contributed by atoms with Crippen molar-refractivity contribution in [3.05, 3.63) is 52.6 Å². The summed E-state index contributed by atoms with van der Waals surface area (Å²) in [7, 11) is 1.54. The fraction of sp³-hybridized carbons (Fsp3) is 0.364. The van der Waals surface area contributed by atoms with Crippen LogP contribution in [0.3, 0.4) is 0 Å². The maximum Gasteiger partial charge on any atom is 0.239 e. The molecule has 2 aromatic carbocycles. The van der Waals surface area contributed by atoms with Gasteiger partial charge < -0.3 is 15.4 Å². The normalized spacial score (nSPS) is 11.1. The highest BCUT2D eigenvalue weighted by Gasteiger charge is 2.37. The van der Waals surface area contributed by atoms with Crippen LogP contribution in [-0.4, -0.2) is 18.9 Å². The highest BCUT2D eigenvalue weighted by atomic mass is 16.5. The number of carbonyl (C=O) groups excluding carboxylic acids is 2. The largest absolute Gasteiger partial charge is 0.495 e. The Morgan fingerprint density at radius 3 is 1.96 bits per heavy atom. The van der Waals surface area contributed by atoms with Gasteiger partial charge in [-0.3, -0.25) is 9.59 Å². The first-order valence-electron chi connectivity index (χ1n) is 8.91. The lowest BCUT2D eigenvalue weighted by molar-refractivity contribution is -0.135. The van der Waals surface area contributed by atoms with Crippen LogP contribution in [0.1, 0.15) is 36.1 Å². The lowest BCUT2D eigenvalue weighted by atomic mass is 9.90. The Bertz CT molecular complexity index is 862. The lowest BCUT2D eigenvalue weighted by Crippen LogP contribution is -2.42. The van der Waals surface area contributed by atoms with Gasteiger partial charge in [-0.25, -0.2) is 0 Å². The molecule has 144 valence electrons. The van der Waals surface area contributed by atoms with Crippen molar-refractivity contribution >= 4 is 23.2 Å². The SMILES string of the molecule is COc1ccc(C)cc1NC(=O)C(C)(C)C(=O)Nc1c(C)cc(C)cc1C. The monoisotopic (exact) mass is 368 g/mol. The van der Waals surface area contributed by atoms with Crippen LogP contribution < -0.4 is 15.4 Å². The summed E-state index contributed by atoms with van der Waals surface area (Å²) in [6.45, 7) is 11.0. The molecule has 2 aromatic rings. The summed E-state index contributed by atoms with van der Waals surface area (Å²) in [5.74, 6) is -0.205. The van der Waals surface area contributed by atoms with E-state index >= 15 is 0 Å². The minimum atomic E-state index is -1.27. The van der Waals surface area contributed by atoms with Gasteiger partial charge in [-0.15, -0.1) is 0 Å². The molecule has 0 atom stereocenters. The standard InChI is InChI=1S/C22H28N2O3/c1-13-8-9-18(27-7)17(12-13)23-20(25)22(5,6)21(26)24-19-15(3)10-14(2)11-16(19)4/h8-12H,1-7H3,(H,23,25)(H,24,26). The van der Waals surface area contributed by atoms with Crippen molar-refractivity contribution in [3.63, 3.8) is 0 Å². The molecule has 5 heteroatoms. The van der Waals surface area contributed by atoms with Gasteiger partial charge in [-0.1, -0.05) is 23.8 Å². The van der Waals surface area contributed by atoms with Crippen LogP contribution in [0.25, 0.3) is 0 Å². The van der Waals surface area contributed by atoms with Crippen molar-refractivity contribution in [2.75, 3.05) is 17.7 Å². The Morgan fingerprint density at radius 2 is 1.41 bits per heavy atom. The minimum absolute atomic E-state index is 0.360. The smallest absolute Gasteiger partial charge is 0.239 e. The van der Waals surface area contributed by atoms with Gasteiger partial charge >= 0.3 is 0 Å². The molecule has 0 saturated carbocycles. The van der Waals surface area contributed by atoms with Crippen molar-refractivity contribution < 1.29 is 14.3 Å². The molecule has 5 nitrogen and oxygen atoms in total. The van der Waals surface area contributed by atoms with E-state index < -0.39 is 11.3 Å². The molecule has 2 N–H and O–H groups in total. The number of benzene rings is 2. The molecular weight excluding hydrogens is 340 g/mol. The summed E-state index contributed by atoms with van der Waals surface area (Å²) >= 11 is 0. The van der Waals surface area contributed by atoms with Crippen LogP contribution >= 0.6 is 0 Å². The number of hydrogen-bond donors (Lipinski definition) is 2. The van der Waals surface area contributed by atoms with Crippen LogP contribution in [0.2, 0.25) is 0 Å². The van der Waals surface area contributed by atoms with Crippen LogP contribution in [0.15, 0.2) is 30.3 Å². The predicted molar refractivity (Wildman–Crippen MR) is 109 cm³/mol. The number of anilines is 2. The molecule has 27 heavy (non-hydrogen) atoms. The second-order valence-corrected chi connectivity index (χ2v) is 7.51. The summed E-state index contributed by atoms with van der Waals surface area (Å²) in [4.78, 5) is 25.7. The van der Waals surface area contributed by atoms with Crippen molar-refractivity contribution in [1.29, 1.82) is 0 Å². The quantitative estimate of drug-likeness (QED) is 0.762. The van der Waals surface area contributed by atoms with E-state index in [-0.39, 0.29) is 5.91 Å². The van der Waals surface area contributed by atoms with E-state index in [2.05, 4.69) is 10.6 Å². The topological polar surface area (TPSA) is 67.4 Å². The molecule has 0 aliphatic heterocycles. The summed E-state index contributed by atoms with van der Waals surface area (Å²) in [6, 6.07) is 9.52. The van der Waals surface area contributed by atoms with Gasteiger partial charge in [0.05, 0.1) is 12.8 Å². The molecule has 0 radical (unpaired) electrons. The molecule has 0 aromatic heterocycles. The number of hydrogen-bond acceptors (Lipinski definition) is 3. The third-order valence-corrected chi connectivity index (χ3v) is 4.65. The van der Waals surface area contributed by atoms with Gasteiger partial charge in [-0.2, -0.15) is 0 Å². The number of aryl methyl sites for hydroxylation is 4. The number of rotatable bonds is 5. The van der Waals surface area contributed by atoms with E-state index in [0.717, 1.165) is 27.9 Å². The second kappa shape index (κ2) is 7.82. The van der Waals surface area contributed by atoms with Gasteiger partial charge in [0.15, 0.2) is 0 Å². The summed E-state index contributed by atoms with van der Waals surface area (Å²) in [5.41, 5.74) is 4.09. The first kappa shape index (κ1) is 20.5. The number of amides is 2. The Labute approximate surface area is 161 Å². The third-order valence-electron chi connectivity index (χ3n) is 4.65. The lowest BCUT2D eigenvalue weighted by Gasteiger charge is -2.24. The Hall–Kier alpha value is -2.82. The fourth-order valence-electron chi connectivity index (χ4n) is 2.95. The average molecular weight is 368 g/mol. The van der Waals surface area contributed by atoms with E-state index in [9.17, 15) is 9.59 Å². The third kappa shape index (κ3) is 4.48. The van der Waals surface area contributed by atoms with Crippen LogP contribution in [0.5, 0.6) is 5.75 Å². The highest BCUT2D eigenvalue weighted by Crippen LogP contribution is 2.29. The summed E-state index contributed by atoms with van der Waals surface area (Å²) in [6.07, 6.45) is 0. The molecule has 0 bridgehead atoms. The zero-order valence-electron chi connectivity index (χ0n) is 17.1. The fourth-order valence-corrected chi connectivity index (χ4v) is 2.95. The van der Waals surface area contributed by atoms with Crippen LogP contribution in [0.4, 0.5) is 11.4 Å². The van der Waals surface area contributed by atoms with E-state index in [1.165, 1.54) is 0 Å². The Balaban J connectivity index is 2.23. The van der Waals surface area contributed by atoms with Gasteiger partial charge in [0.2, 0.25) is 11.8 Å². The molecule has 0 unspecified atom stereocenters. The van der Waals surface area contributed by atoms with E-state index in [4.69, 9.17) is 4.74 Å². The molecule has 0 heterocycles. The molecule has 2 rings (SSSR count). The zero-order chi connectivity index (χ0) is 20.4. The van der Waals surface area contributed by atoms with Gasteiger partial charge in [-0.05, 0) is 70.4 Å². The van der Waals surface area contributed by atoms with Crippen molar-refractivity contribution in [2.24, 2.45) is 5.41 Å². The van der Waals surface area contributed by atoms with Crippen molar-refractivity contribution in [2.45, 2.75) is 41.5 Å². The molecule has 0 spiro atoms. The van der Waals surface area contributed by atoms with E-state index in [1.807, 2.05) is 52.0 Å². The summed E-state index contributed by atoms with van der Waals surface area (Å²) in [5, 5.41) is 5.74. The average Bonchev–Trinajstić information content (AvgIpc) is 2.57. The van der Waals surface area contributed by atoms with Gasteiger partial charge in [0.25, 0.3) is 0 Å². The van der Waals surface area contributed by atoms with E-state index in [1.54, 1.807) is 27.0 Å². The minimum Gasteiger partial charge on any atom is -0.495 e. The number of methoxy groups -OCH3 is 1. The number of ether oxygens (including phenoxy) is 1.